The minimum atomic E-state index is -3.46. The van der Waals surface area contributed by atoms with E-state index in [-0.39, 0.29) is 6.04 Å². The number of aryl methyl sites for hydroxylation is 2. The number of sulfonamides is 1. The van der Waals surface area contributed by atoms with Crippen molar-refractivity contribution >= 4 is 10.0 Å². The maximum Gasteiger partial charge on any atom is 0.241 e. The fourth-order valence-electron chi connectivity index (χ4n) is 2.52. The molecule has 0 aliphatic rings. The average molecular weight is 312 g/mol. The summed E-state index contributed by atoms with van der Waals surface area (Å²) in [5.74, 6) is 0. The highest BCUT2D eigenvalue weighted by atomic mass is 32.2. The maximum atomic E-state index is 12.6. The van der Waals surface area contributed by atoms with E-state index in [2.05, 4.69) is 17.0 Å². The van der Waals surface area contributed by atoms with E-state index in [1.165, 1.54) is 0 Å². The van der Waals surface area contributed by atoms with Crippen molar-refractivity contribution in [1.82, 2.24) is 10.0 Å². The van der Waals surface area contributed by atoms with Crippen molar-refractivity contribution in [3.63, 3.8) is 0 Å². The normalized spacial score (nSPS) is 13.4. The molecule has 0 aliphatic heterocycles. The van der Waals surface area contributed by atoms with Crippen molar-refractivity contribution in [3.05, 3.63) is 28.8 Å². The molecule has 0 aromatic heterocycles. The fourth-order valence-corrected chi connectivity index (χ4v) is 4.15. The van der Waals surface area contributed by atoms with Crippen molar-refractivity contribution in [2.24, 2.45) is 0 Å². The van der Waals surface area contributed by atoms with Crippen molar-refractivity contribution in [1.29, 1.82) is 0 Å². The van der Waals surface area contributed by atoms with Crippen molar-refractivity contribution in [2.45, 2.75) is 64.4 Å². The second kappa shape index (κ2) is 7.92. The first-order valence-corrected chi connectivity index (χ1v) is 9.11. The van der Waals surface area contributed by atoms with E-state index >= 15 is 0 Å². The SMILES string of the molecule is CCCC(CC)NS(=O)(=O)c1cc(CNC)c(C)cc1C. The molecule has 21 heavy (non-hydrogen) atoms. The van der Waals surface area contributed by atoms with Gasteiger partial charge in [0.15, 0.2) is 0 Å². The predicted molar refractivity (Wildman–Crippen MR) is 88.0 cm³/mol. The number of hydrogen-bond donors (Lipinski definition) is 2. The Morgan fingerprint density at radius 3 is 2.33 bits per heavy atom. The highest BCUT2D eigenvalue weighted by Crippen LogP contribution is 2.21. The van der Waals surface area contributed by atoms with E-state index in [9.17, 15) is 8.42 Å². The number of benzene rings is 1. The molecule has 0 bridgehead atoms. The van der Waals surface area contributed by atoms with E-state index in [0.29, 0.717) is 11.4 Å². The van der Waals surface area contributed by atoms with E-state index in [1.807, 2.05) is 33.9 Å². The van der Waals surface area contributed by atoms with Gasteiger partial charge < -0.3 is 5.32 Å². The molecule has 0 saturated heterocycles. The Morgan fingerprint density at radius 1 is 1.14 bits per heavy atom. The molecular weight excluding hydrogens is 284 g/mol. The summed E-state index contributed by atoms with van der Waals surface area (Å²) in [6.45, 7) is 8.61. The molecule has 0 saturated carbocycles. The van der Waals surface area contributed by atoms with Crippen LogP contribution in [-0.2, 0) is 16.6 Å². The smallest absolute Gasteiger partial charge is 0.241 e. The molecule has 1 atom stereocenters. The average Bonchev–Trinajstić information content (AvgIpc) is 2.41. The van der Waals surface area contributed by atoms with Crippen molar-refractivity contribution in [3.8, 4) is 0 Å². The van der Waals surface area contributed by atoms with Crippen LogP contribution in [0.1, 0.15) is 49.8 Å². The van der Waals surface area contributed by atoms with Crippen LogP contribution < -0.4 is 10.0 Å². The second-order valence-electron chi connectivity index (χ2n) is 5.59. The van der Waals surface area contributed by atoms with Crippen LogP contribution in [0, 0.1) is 13.8 Å². The van der Waals surface area contributed by atoms with Crippen LogP contribution >= 0.6 is 0 Å². The molecule has 1 unspecified atom stereocenters. The summed E-state index contributed by atoms with van der Waals surface area (Å²) in [6.07, 6.45) is 2.64. The molecule has 1 rings (SSSR count). The molecule has 1 aromatic rings. The van der Waals surface area contributed by atoms with Crippen molar-refractivity contribution in [2.75, 3.05) is 7.05 Å². The lowest BCUT2D eigenvalue weighted by atomic mass is 10.1. The molecule has 0 fully saturated rings. The van der Waals surface area contributed by atoms with Gasteiger partial charge in [-0.3, -0.25) is 0 Å². The number of nitrogens with one attached hydrogen (secondary N) is 2. The summed E-state index contributed by atoms with van der Waals surface area (Å²) in [6, 6.07) is 3.75. The van der Waals surface area contributed by atoms with E-state index < -0.39 is 10.0 Å². The summed E-state index contributed by atoms with van der Waals surface area (Å²) in [4.78, 5) is 0.396. The summed E-state index contributed by atoms with van der Waals surface area (Å²) < 4.78 is 28.1. The van der Waals surface area contributed by atoms with Gasteiger partial charge in [0.05, 0.1) is 4.90 Å². The van der Waals surface area contributed by atoms with E-state index in [4.69, 9.17) is 0 Å². The first-order chi connectivity index (χ1) is 9.85. The molecule has 2 N–H and O–H groups in total. The Balaban J connectivity index is 3.15. The van der Waals surface area contributed by atoms with Crippen LogP contribution in [0.25, 0.3) is 0 Å². The van der Waals surface area contributed by atoms with Gasteiger partial charge in [0.2, 0.25) is 10.0 Å². The number of rotatable bonds is 8. The highest BCUT2D eigenvalue weighted by Gasteiger charge is 2.21. The predicted octanol–water partition coefficient (Wildman–Crippen LogP) is 2.88. The van der Waals surface area contributed by atoms with E-state index in [0.717, 1.165) is 36.0 Å². The molecule has 0 heterocycles. The molecule has 0 spiro atoms. The molecule has 4 nitrogen and oxygen atoms in total. The fraction of sp³-hybridized carbons (Fsp3) is 0.625. The summed E-state index contributed by atoms with van der Waals surface area (Å²) >= 11 is 0. The monoisotopic (exact) mass is 312 g/mol. The van der Waals surface area contributed by atoms with Gasteiger partial charge in [-0.15, -0.1) is 0 Å². The van der Waals surface area contributed by atoms with Gasteiger partial charge in [-0.05, 0) is 56.5 Å². The topological polar surface area (TPSA) is 58.2 Å². The molecule has 120 valence electrons. The Labute approximate surface area is 129 Å². The maximum absolute atomic E-state index is 12.6. The molecular formula is C16H28N2O2S. The Kier molecular flexibility index (Phi) is 6.84. The van der Waals surface area contributed by atoms with Gasteiger partial charge in [0.25, 0.3) is 0 Å². The van der Waals surface area contributed by atoms with Gasteiger partial charge in [0, 0.05) is 12.6 Å². The third-order valence-corrected chi connectivity index (χ3v) is 5.40. The molecule has 1 aromatic carbocycles. The van der Waals surface area contributed by atoms with Crippen molar-refractivity contribution < 1.29 is 8.42 Å². The molecule has 5 heteroatoms. The Hall–Kier alpha value is -0.910. The van der Waals surface area contributed by atoms with Crippen LogP contribution in [0.4, 0.5) is 0 Å². The molecule has 0 radical (unpaired) electrons. The number of hydrogen-bond acceptors (Lipinski definition) is 3. The van der Waals surface area contributed by atoms with Gasteiger partial charge >= 0.3 is 0 Å². The minimum Gasteiger partial charge on any atom is -0.316 e. The highest BCUT2D eigenvalue weighted by molar-refractivity contribution is 7.89. The zero-order chi connectivity index (χ0) is 16.0. The Bertz CT molecular complexity index is 568. The quantitative estimate of drug-likeness (QED) is 0.776. The Morgan fingerprint density at radius 2 is 1.81 bits per heavy atom. The third-order valence-electron chi connectivity index (χ3n) is 3.74. The molecule has 0 amide bonds. The van der Waals surface area contributed by atoms with Crippen LogP contribution in [0.15, 0.2) is 17.0 Å². The first kappa shape index (κ1) is 18.1. The second-order valence-corrected chi connectivity index (χ2v) is 7.27. The lowest BCUT2D eigenvalue weighted by Gasteiger charge is -2.18. The zero-order valence-electron chi connectivity index (χ0n) is 13.8. The minimum absolute atomic E-state index is 0.00783. The lowest BCUT2D eigenvalue weighted by molar-refractivity contribution is 0.512. The van der Waals surface area contributed by atoms with Crippen LogP contribution in [0.2, 0.25) is 0 Å². The summed E-state index contributed by atoms with van der Waals surface area (Å²) in [5.41, 5.74) is 2.93. The molecule has 0 aliphatic carbocycles. The largest absolute Gasteiger partial charge is 0.316 e. The van der Waals surface area contributed by atoms with Gasteiger partial charge in [0.1, 0.15) is 0 Å². The van der Waals surface area contributed by atoms with Crippen LogP contribution in [0.5, 0.6) is 0 Å². The standard InChI is InChI=1S/C16H28N2O2S/c1-6-8-15(7-2)18-21(19,20)16-10-14(11-17-5)12(3)9-13(16)4/h9-10,15,17-18H,6-8,11H2,1-5H3. The summed E-state index contributed by atoms with van der Waals surface area (Å²) in [5, 5.41) is 3.08. The van der Waals surface area contributed by atoms with Gasteiger partial charge in [-0.25, -0.2) is 13.1 Å². The van der Waals surface area contributed by atoms with Gasteiger partial charge in [-0.1, -0.05) is 26.3 Å². The van der Waals surface area contributed by atoms with Crippen LogP contribution in [-0.4, -0.2) is 21.5 Å². The third kappa shape index (κ3) is 4.80. The van der Waals surface area contributed by atoms with E-state index in [1.54, 1.807) is 6.07 Å². The first-order valence-electron chi connectivity index (χ1n) is 7.62. The van der Waals surface area contributed by atoms with Crippen LogP contribution in [0.3, 0.4) is 0 Å². The zero-order valence-corrected chi connectivity index (χ0v) is 14.6. The lowest BCUT2D eigenvalue weighted by Crippen LogP contribution is -2.34. The summed E-state index contributed by atoms with van der Waals surface area (Å²) in [7, 11) is -1.60. The van der Waals surface area contributed by atoms with Gasteiger partial charge in [-0.2, -0.15) is 0 Å².